The zero-order valence-corrected chi connectivity index (χ0v) is 13.5. The first-order valence-electron chi connectivity index (χ1n) is 8.00. The number of aliphatic hydroxyl groups is 1. The van der Waals surface area contributed by atoms with E-state index >= 15 is 0 Å². The molecule has 1 aliphatic heterocycles. The standard InChI is InChI=1S/C17H23NO5/c1-18(12-6-4-7-13(21-2)15(12)19)17(20)11-5-3-8-14-16(11)23-10-9-22-14/h3,5,8,12-13,15,19H,4,6-7,9-10H2,1-2H3/t12-,13-,15-/m1/s1. The predicted molar refractivity (Wildman–Crippen MR) is 84.0 cm³/mol. The molecule has 0 unspecified atom stereocenters. The highest BCUT2D eigenvalue weighted by atomic mass is 16.6. The molecule has 0 spiro atoms. The summed E-state index contributed by atoms with van der Waals surface area (Å²) in [5, 5.41) is 10.5. The van der Waals surface area contributed by atoms with Crippen LogP contribution in [0.2, 0.25) is 0 Å². The number of aliphatic hydroxyl groups excluding tert-OH is 1. The highest BCUT2D eigenvalue weighted by Crippen LogP contribution is 2.35. The fraction of sp³-hybridized carbons (Fsp3) is 0.588. The van der Waals surface area contributed by atoms with Gasteiger partial charge in [0.05, 0.1) is 17.7 Å². The minimum atomic E-state index is -0.681. The summed E-state index contributed by atoms with van der Waals surface area (Å²) in [5.74, 6) is 0.909. The van der Waals surface area contributed by atoms with Crippen molar-refractivity contribution in [3.63, 3.8) is 0 Å². The maximum atomic E-state index is 12.9. The molecule has 1 heterocycles. The molecule has 6 heteroatoms. The lowest BCUT2D eigenvalue weighted by Gasteiger charge is -2.39. The molecule has 3 atom stereocenters. The number of hydrogen-bond donors (Lipinski definition) is 1. The smallest absolute Gasteiger partial charge is 0.257 e. The Morgan fingerprint density at radius 2 is 2.09 bits per heavy atom. The number of hydrogen-bond acceptors (Lipinski definition) is 5. The predicted octanol–water partition coefficient (Wildman–Crippen LogP) is 1.46. The molecule has 3 rings (SSSR count). The van der Waals surface area contributed by atoms with Crippen LogP contribution >= 0.6 is 0 Å². The molecule has 6 nitrogen and oxygen atoms in total. The van der Waals surface area contributed by atoms with Crippen LogP contribution in [0.4, 0.5) is 0 Å². The molecule has 0 saturated heterocycles. The minimum Gasteiger partial charge on any atom is -0.486 e. The summed E-state index contributed by atoms with van der Waals surface area (Å²) >= 11 is 0. The van der Waals surface area contributed by atoms with Crippen molar-refractivity contribution in [1.29, 1.82) is 0 Å². The first-order chi connectivity index (χ1) is 11.1. The number of ether oxygens (including phenoxy) is 3. The third-order valence-corrected chi connectivity index (χ3v) is 4.68. The third-order valence-electron chi connectivity index (χ3n) is 4.68. The molecule has 1 aliphatic carbocycles. The number of fused-ring (bicyclic) bond motifs is 1. The maximum Gasteiger partial charge on any atom is 0.257 e. The van der Waals surface area contributed by atoms with E-state index < -0.39 is 6.10 Å². The number of para-hydroxylation sites is 1. The molecule has 0 aromatic heterocycles. The zero-order valence-electron chi connectivity index (χ0n) is 13.5. The lowest BCUT2D eigenvalue weighted by atomic mass is 9.88. The topological polar surface area (TPSA) is 68.2 Å². The molecule has 1 aromatic carbocycles. The monoisotopic (exact) mass is 321 g/mol. The van der Waals surface area contributed by atoms with Gasteiger partial charge in [-0.2, -0.15) is 0 Å². The van der Waals surface area contributed by atoms with Gasteiger partial charge in [-0.1, -0.05) is 6.07 Å². The normalized spacial score (nSPS) is 26.7. The molecule has 1 N–H and O–H groups in total. The molecule has 1 amide bonds. The number of rotatable bonds is 3. The maximum absolute atomic E-state index is 12.9. The van der Waals surface area contributed by atoms with E-state index in [4.69, 9.17) is 14.2 Å². The van der Waals surface area contributed by atoms with Gasteiger partial charge in [0.2, 0.25) is 0 Å². The van der Waals surface area contributed by atoms with Crippen molar-refractivity contribution < 1.29 is 24.1 Å². The Bertz CT molecular complexity index is 576. The second-order valence-corrected chi connectivity index (χ2v) is 6.01. The van der Waals surface area contributed by atoms with E-state index in [1.54, 1.807) is 37.3 Å². The Morgan fingerprint density at radius 1 is 1.30 bits per heavy atom. The molecular weight excluding hydrogens is 298 g/mol. The summed E-state index contributed by atoms with van der Waals surface area (Å²) in [6.45, 7) is 0.913. The first kappa shape index (κ1) is 16.1. The molecular formula is C17H23NO5. The van der Waals surface area contributed by atoms with Crippen molar-refractivity contribution in [1.82, 2.24) is 4.90 Å². The Morgan fingerprint density at radius 3 is 2.87 bits per heavy atom. The number of methoxy groups -OCH3 is 1. The summed E-state index contributed by atoms with van der Waals surface area (Å²) in [6, 6.07) is 5.04. The second kappa shape index (κ2) is 6.76. The average molecular weight is 321 g/mol. The van der Waals surface area contributed by atoms with E-state index in [2.05, 4.69) is 0 Å². The van der Waals surface area contributed by atoms with Crippen molar-refractivity contribution in [2.75, 3.05) is 27.4 Å². The highest BCUT2D eigenvalue weighted by Gasteiger charge is 2.37. The number of carbonyl (C=O) groups excluding carboxylic acids is 1. The molecule has 1 saturated carbocycles. The Balaban J connectivity index is 1.83. The van der Waals surface area contributed by atoms with Crippen molar-refractivity contribution in [3.05, 3.63) is 23.8 Å². The second-order valence-electron chi connectivity index (χ2n) is 6.01. The van der Waals surface area contributed by atoms with Crippen LogP contribution in [0.1, 0.15) is 29.6 Å². The van der Waals surface area contributed by atoms with Gasteiger partial charge in [0.15, 0.2) is 11.5 Å². The molecule has 0 bridgehead atoms. The van der Waals surface area contributed by atoms with Crippen molar-refractivity contribution in [2.45, 2.75) is 37.5 Å². The molecule has 1 fully saturated rings. The van der Waals surface area contributed by atoms with Gasteiger partial charge < -0.3 is 24.2 Å². The third kappa shape index (κ3) is 3.01. The Labute approximate surface area is 135 Å². The highest BCUT2D eigenvalue weighted by molar-refractivity contribution is 5.98. The Kier molecular flexibility index (Phi) is 4.73. The SMILES string of the molecule is CO[C@@H]1CCC[C@@H](N(C)C(=O)c2cccc3c2OCCO3)[C@H]1O. The fourth-order valence-electron chi connectivity index (χ4n) is 3.38. The van der Waals surface area contributed by atoms with Crippen LogP contribution < -0.4 is 9.47 Å². The van der Waals surface area contributed by atoms with Crippen LogP contribution in [-0.4, -0.2) is 61.5 Å². The number of nitrogens with zero attached hydrogens (tertiary/aromatic N) is 1. The van der Waals surface area contributed by atoms with Gasteiger partial charge in [0.1, 0.15) is 19.3 Å². The van der Waals surface area contributed by atoms with E-state index in [0.717, 1.165) is 19.3 Å². The summed E-state index contributed by atoms with van der Waals surface area (Å²) in [5.41, 5.74) is 0.469. The average Bonchev–Trinajstić information content (AvgIpc) is 2.60. The van der Waals surface area contributed by atoms with E-state index in [0.29, 0.717) is 30.3 Å². The van der Waals surface area contributed by atoms with Gasteiger partial charge in [0, 0.05) is 14.2 Å². The molecule has 1 aromatic rings. The molecule has 23 heavy (non-hydrogen) atoms. The van der Waals surface area contributed by atoms with Crippen molar-refractivity contribution in [2.24, 2.45) is 0 Å². The van der Waals surface area contributed by atoms with Crippen LogP contribution in [0, 0.1) is 0 Å². The minimum absolute atomic E-state index is 0.173. The summed E-state index contributed by atoms with van der Waals surface area (Å²) < 4.78 is 16.5. The van der Waals surface area contributed by atoms with Crippen LogP contribution in [0.3, 0.4) is 0 Å². The van der Waals surface area contributed by atoms with Gasteiger partial charge in [-0.15, -0.1) is 0 Å². The lowest BCUT2D eigenvalue weighted by Crippen LogP contribution is -2.52. The first-order valence-corrected chi connectivity index (χ1v) is 8.00. The lowest BCUT2D eigenvalue weighted by molar-refractivity contribution is -0.0715. The number of benzene rings is 1. The summed E-state index contributed by atoms with van der Waals surface area (Å²) in [6.07, 6.45) is 1.58. The number of carbonyl (C=O) groups is 1. The van der Waals surface area contributed by atoms with Crippen LogP contribution in [0.15, 0.2) is 18.2 Å². The zero-order chi connectivity index (χ0) is 16.4. The van der Waals surface area contributed by atoms with E-state index in [9.17, 15) is 9.90 Å². The van der Waals surface area contributed by atoms with E-state index in [1.807, 2.05) is 0 Å². The van der Waals surface area contributed by atoms with Gasteiger partial charge >= 0.3 is 0 Å². The quantitative estimate of drug-likeness (QED) is 0.913. The van der Waals surface area contributed by atoms with Crippen LogP contribution in [0.5, 0.6) is 11.5 Å². The number of likely N-dealkylation sites (N-methyl/N-ethyl adjacent to an activating group) is 1. The largest absolute Gasteiger partial charge is 0.486 e. The van der Waals surface area contributed by atoms with Crippen LogP contribution in [-0.2, 0) is 4.74 Å². The summed E-state index contributed by atoms with van der Waals surface area (Å²) in [7, 11) is 3.31. The van der Waals surface area contributed by atoms with Gasteiger partial charge in [-0.05, 0) is 31.4 Å². The van der Waals surface area contributed by atoms with Gasteiger partial charge in [-0.25, -0.2) is 0 Å². The fourth-order valence-corrected chi connectivity index (χ4v) is 3.38. The van der Waals surface area contributed by atoms with Gasteiger partial charge in [-0.3, -0.25) is 4.79 Å². The van der Waals surface area contributed by atoms with Crippen LogP contribution in [0.25, 0.3) is 0 Å². The summed E-state index contributed by atoms with van der Waals surface area (Å²) in [4.78, 5) is 14.5. The Hall–Kier alpha value is -1.79. The van der Waals surface area contributed by atoms with E-state index in [-0.39, 0.29) is 18.1 Å². The molecule has 2 aliphatic rings. The number of amides is 1. The molecule has 0 radical (unpaired) electrons. The van der Waals surface area contributed by atoms with Crippen molar-refractivity contribution in [3.8, 4) is 11.5 Å². The van der Waals surface area contributed by atoms with E-state index in [1.165, 1.54) is 0 Å². The van der Waals surface area contributed by atoms with Gasteiger partial charge in [0.25, 0.3) is 5.91 Å². The van der Waals surface area contributed by atoms with Crippen molar-refractivity contribution >= 4 is 5.91 Å². The molecule has 126 valence electrons.